The molecule has 63 heavy (non-hydrogen) atoms. The number of ether oxygens (including phenoxy) is 12. The van der Waals surface area contributed by atoms with Crippen LogP contribution in [0.15, 0.2) is 0 Å². The Kier molecular flexibility index (Phi) is 15.7. The van der Waals surface area contributed by atoms with Crippen LogP contribution in [0.1, 0.15) is 120 Å². The quantitative estimate of drug-likeness (QED) is 0.206. The fourth-order valence-electron chi connectivity index (χ4n) is 12.3. The molecule has 0 saturated carbocycles. The van der Waals surface area contributed by atoms with E-state index in [0.29, 0.717) is 32.1 Å². The third kappa shape index (κ3) is 9.66. The van der Waals surface area contributed by atoms with Crippen LogP contribution in [0.2, 0.25) is 0 Å². The topological polar surface area (TPSA) is 189 Å². The maximum Gasteiger partial charge on any atom is 0.311 e. The second-order valence-electron chi connectivity index (χ2n) is 20.4. The van der Waals surface area contributed by atoms with Gasteiger partial charge < -0.3 is 72.2 Å². The summed E-state index contributed by atoms with van der Waals surface area (Å²) in [4.78, 5) is 12.3. The molecule has 7 aliphatic rings. The van der Waals surface area contributed by atoms with Gasteiger partial charge in [-0.25, -0.2) is 0 Å². The van der Waals surface area contributed by atoms with E-state index in [9.17, 15) is 20.1 Å². The first-order valence-electron chi connectivity index (χ1n) is 24.0. The molecule has 0 radical (unpaired) electrons. The first kappa shape index (κ1) is 49.8. The summed E-state index contributed by atoms with van der Waals surface area (Å²) in [5, 5.41) is 33.1. The Morgan fingerprint density at radius 1 is 0.730 bits per heavy atom. The molecule has 0 aromatic carbocycles. The molecule has 7 heterocycles. The molecule has 0 bridgehead atoms. The Morgan fingerprint density at radius 2 is 1.44 bits per heavy atom. The van der Waals surface area contributed by atoms with E-state index in [2.05, 4.69) is 20.8 Å². The van der Waals surface area contributed by atoms with Gasteiger partial charge in [0.25, 0.3) is 0 Å². The molecule has 1 spiro atoms. The van der Waals surface area contributed by atoms with Gasteiger partial charge in [0, 0.05) is 77.3 Å². The molecule has 0 amide bonds. The summed E-state index contributed by atoms with van der Waals surface area (Å²) in [6.45, 7) is 17.7. The van der Waals surface area contributed by atoms with E-state index in [1.807, 2.05) is 20.8 Å². The van der Waals surface area contributed by atoms with E-state index < -0.39 is 72.2 Å². The van der Waals surface area contributed by atoms with Crippen LogP contribution in [0.3, 0.4) is 0 Å². The number of methoxy groups -OCH3 is 3. The van der Waals surface area contributed by atoms with Crippen LogP contribution in [0, 0.1) is 35.5 Å². The minimum atomic E-state index is -2.15. The highest BCUT2D eigenvalue weighted by Gasteiger charge is 2.63. The van der Waals surface area contributed by atoms with Crippen molar-refractivity contribution in [1.29, 1.82) is 0 Å². The largest absolute Gasteiger partial charge is 0.481 e. The monoisotopic (exact) mass is 901 g/mol. The van der Waals surface area contributed by atoms with Gasteiger partial charge in [-0.05, 0) is 65.7 Å². The number of hydrogen-bond acceptors (Lipinski definition) is 15. The van der Waals surface area contributed by atoms with Crippen molar-refractivity contribution in [2.45, 2.75) is 229 Å². The predicted octanol–water partition coefficient (Wildman–Crippen LogP) is 5.20. The zero-order valence-corrected chi connectivity index (χ0v) is 39.8. The van der Waals surface area contributed by atoms with Crippen molar-refractivity contribution in [2.75, 3.05) is 27.9 Å². The Hall–Kier alpha value is -1.09. The van der Waals surface area contributed by atoms with Gasteiger partial charge in [-0.15, -0.1) is 0 Å². The van der Waals surface area contributed by atoms with Crippen molar-refractivity contribution in [1.82, 2.24) is 0 Å². The highest BCUT2D eigenvalue weighted by Crippen LogP contribution is 2.53. The smallest absolute Gasteiger partial charge is 0.311 e. The average molecular weight is 901 g/mol. The predicted molar refractivity (Wildman–Crippen MR) is 226 cm³/mol. The van der Waals surface area contributed by atoms with E-state index in [1.165, 1.54) is 6.92 Å². The lowest BCUT2D eigenvalue weighted by Gasteiger charge is -2.53. The Bertz CT molecular complexity index is 1520. The standard InChI is InChI=1S/C47H80O16/c1-13-55-43-41(54-12)26(5)34(61-46(43,51)28(7)44(48)49)20-30-21-35(53-11)27(6)47(60-30)25(4)19-38(62-47)42-37(58-39-17-16-31(52-10)29(8)56-39)22-36(59-42)32-14-15-33(57-32)40-23(2)18-24(3)45(9,50)63-40/h23-43,50-51H,13-22H2,1-12H3,(H,48,49)/t23-,24+,25-,26+,27-,28-,29+,30+,31+,32-,33+,34+,35+,36+,37-,38-,39-,40-,41-,42+,43-,45-,46-,47-/m0/s1. The number of carboxylic acids is 1. The summed E-state index contributed by atoms with van der Waals surface area (Å²) >= 11 is 0. The molecule has 16 heteroatoms. The lowest BCUT2D eigenvalue weighted by molar-refractivity contribution is -0.372. The van der Waals surface area contributed by atoms with Crippen LogP contribution in [0.5, 0.6) is 0 Å². The lowest BCUT2D eigenvalue weighted by atomic mass is 9.77. The molecular weight excluding hydrogens is 821 g/mol. The van der Waals surface area contributed by atoms with Gasteiger partial charge in [-0.3, -0.25) is 4.79 Å². The maximum absolute atomic E-state index is 12.3. The molecule has 0 unspecified atom stereocenters. The molecule has 7 rings (SSSR count). The molecule has 7 fully saturated rings. The Balaban J connectivity index is 1.10. The molecule has 7 saturated heterocycles. The molecule has 0 aromatic rings. The molecule has 24 atom stereocenters. The van der Waals surface area contributed by atoms with Gasteiger partial charge in [0.1, 0.15) is 18.1 Å². The summed E-state index contributed by atoms with van der Waals surface area (Å²) < 4.78 is 78.0. The highest BCUT2D eigenvalue weighted by molar-refractivity contribution is 5.71. The lowest BCUT2D eigenvalue weighted by Crippen LogP contribution is -2.67. The van der Waals surface area contributed by atoms with Crippen molar-refractivity contribution in [3.05, 3.63) is 0 Å². The fourth-order valence-corrected chi connectivity index (χ4v) is 12.3. The summed E-state index contributed by atoms with van der Waals surface area (Å²) in [5.41, 5.74) is 0. The van der Waals surface area contributed by atoms with Gasteiger partial charge in [0.2, 0.25) is 5.79 Å². The van der Waals surface area contributed by atoms with Crippen LogP contribution in [0.25, 0.3) is 0 Å². The third-order valence-electron chi connectivity index (χ3n) is 16.4. The first-order chi connectivity index (χ1) is 29.8. The number of hydrogen-bond donors (Lipinski definition) is 3. The van der Waals surface area contributed by atoms with Crippen molar-refractivity contribution >= 4 is 5.97 Å². The molecule has 0 aliphatic carbocycles. The number of aliphatic hydroxyl groups is 2. The van der Waals surface area contributed by atoms with Crippen LogP contribution in [0.4, 0.5) is 0 Å². The van der Waals surface area contributed by atoms with Crippen molar-refractivity contribution < 1.29 is 77.0 Å². The summed E-state index contributed by atoms with van der Waals surface area (Å²) in [5.74, 6) is -7.19. The van der Waals surface area contributed by atoms with Gasteiger partial charge >= 0.3 is 5.97 Å². The van der Waals surface area contributed by atoms with Crippen molar-refractivity contribution in [3.63, 3.8) is 0 Å². The SMILES string of the molecule is CCO[C@H]1[C@@H](OC)[C@H](C)[C@@H](C[C@@H]2C[C@@H](OC)[C@H](C)[C@@]3(O2)O[C@H]([C@@H]2O[C@@H]([C@@H]4CC[C@H]([C@H]5O[C@](C)(O)[C@H](C)C[C@@H]5C)O4)C[C@@H]2O[C@H]2CC[C@@H](OC)[C@@H](C)O2)C[C@@H]3C)O[C@@]1(O)[C@@H](C)C(=O)O. The normalized spacial score (nSPS) is 52.3. The van der Waals surface area contributed by atoms with Gasteiger partial charge in [0.15, 0.2) is 17.9 Å². The molecule has 3 N–H and O–H groups in total. The van der Waals surface area contributed by atoms with E-state index in [1.54, 1.807) is 35.2 Å². The molecule has 364 valence electrons. The third-order valence-corrected chi connectivity index (χ3v) is 16.4. The number of aliphatic carboxylic acids is 1. The average Bonchev–Trinajstić information content (AvgIpc) is 3.97. The number of rotatable bonds is 14. The molecule has 16 nitrogen and oxygen atoms in total. The molecule has 0 aromatic heterocycles. The fraction of sp³-hybridized carbons (Fsp3) is 0.979. The van der Waals surface area contributed by atoms with Gasteiger partial charge in [-0.1, -0.05) is 34.6 Å². The maximum atomic E-state index is 12.3. The van der Waals surface area contributed by atoms with Crippen LogP contribution < -0.4 is 0 Å². The van der Waals surface area contributed by atoms with E-state index in [0.717, 1.165) is 25.7 Å². The minimum Gasteiger partial charge on any atom is -0.481 e. The van der Waals surface area contributed by atoms with Crippen LogP contribution in [-0.2, 0) is 61.6 Å². The first-order valence-corrected chi connectivity index (χ1v) is 24.0. The summed E-state index contributed by atoms with van der Waals surface area (Å²) in [6, 6.07) is 0. The second-order valence-corrected chi connectivity index (χ2v) is 20.4. The van der Waals surface area contributed by atoms with Gasteiger partial charge in [-0.2, -0.15) is 0 Å². The summed E-state index contributed by atoms with van der Waals surface area (Å²) in [6.07, 6.45) is 0.511. The highest BCUT2D eigenvalue weighted by atomic mass is 16.7. The zero-order valence-electron chi connectivity index (χ0n) is 39.8. The number of carbonyl (C=O) groups is 1. The van der Waals surface area contributed by atoms with Crippen LogP contribution in [-0.4, -0.2) is 158 Å². The van der Waals surface area contributed by atoms with E-state index in [4.69, 9.17) is 56.8 Å². The zero-order chi connectivity index (χ0) is 45.8. The molecule has 7 aliphatic heterocycles. The van der Waals surface area contributed by atoms with E-state index in [-0.39, 0.29) is 85.0 Å². The Labute approximate surface area is 374 Å². The second kappa shape index (κ2) is 19.9. The minimum absolute atomic E-state index is 0.00135. The Morgan fingerprint density at radius 3 is 2.10 bits per heavy atom. The molecular formula is C47H80O16. The van der Waals surface area contributed by atoms with Gasteiger partial charge in [0.05, 0.1) is 73.2 Å². The van der Waals surface area contributed by atoms with E-state index >= 15 is 0 Å². The van der Waals surface area contributed by atoms with Crippen molar-refractivity contribution in [3.8, 4) is 0 Å². The number of carboxylic acid groups (broad SMARTS) is 1. The van der Waals surface area contributed by atoms with Crippen LogP contribution >= 0.6 is 0 Å². The summed E-state index contributed by atoms with van der Waals surface area (Å²) in [7, 11) is 4.96. The van der Waals surface area contributed by atoms with Crippen molar-refractivity contribution in [2.24, 2.45) is 35.5 Å².